The zero-order valence-corrected chi connectivity index (χ0v) is 11.3. The van der Waals surface area contributed by atoms with E-state index in [-0.39, 0.29) is 11.9 Å². The fraction of sp³-hybridized carbons (Fsp3) is 0.615. The standard InChI is InChI=1S/C13H21N5O/c1-11(14)3-4-12(19)17-7-9-18(10-8-17)13-15-5-2-6-16-13/h2,5-6,11H,3-4,7-10,14H2,1H3. The van der Waals surface area contributed by atoms with Gasteiger partial charge in [-0.1, -0.05) is 0 Å². The molecule has 1 aliphatic rings. The predicted molar refractivity (Wildman–Crippen MR) is 73.7 cm³/mol. The van der Waals surface area contributed by atoms with Crippen LogP contribution in [0.4, 0.5) is 5.95 Å². The molecule has 6 heteroatoms. The minimum atomic E-state index is 0.0861. The molecule has 1 amide bonds. The summed E-state index contributed by atoms with van der Waals surface area (Å²) < 4.78 is 0. The van der Waals surface area contributed by atoms with Crippen LogP contribution in [0.2, 0.25) is 0 Å². The van der Waals surface area contributed by atoms with Gasteiger partial charge in [0.1, 0.15) is 0 Å². The van der Waals surface area contributed by atoms with Gasteiger partial charge in [0.2, 0.25) is 11.9 Å². The molecule has 0 aromatic carbocycles. The van der Waals surface area contributed by atoms with Crippen molar-refractivity contribution in [2.75, 3.05) is 31.1 Å². The van der Waals surface area contributed by atoms with E-state index in [1.54, 1.807) is 18.5 Å². The number of rotatable bonds is 4. The number of hydrogen-bond acceptors (Lipinski definition) is 5. The number of amides is 1. The number of carbonyl (C=O) groups is 1. The van der Waals surface area contributed by atoms with Crippen molar-refractivity contribution < 1.29 is 4.79 Å². The summed E-state index contributed by atoms with van der Waals surface area (Å²) in [5, 5.41) is 0. The minimum absolute atomic E-state index is 0.0861. The van der Waals surface area contributed by atoms with Crippen molar-refractivity contribution in [1.82, 2.24) is 14.9 Å². The van der Waals surface area contributed by atoms with E-state index in [9.17, 15) is 4.79 Å². The Hall–Kier alpha value is -1.69. The molecular formula is C13H21N5O. The number of hydrogen-bond donors (Lipinski definition) is 1. The van der Waals surface area contributed by atoms with Gasteiger partial charge in [0.25, 0.3) is 0 Å². The van der Waals surface area contributed by atoms with Crippen LogP contribution in [-0.2, 0) is 4.79 Å². The minimum Gasteiger partial charge on any atom is -0.339 e. The van der Waals surface area contributed by atoms with Crippen LogP contribution in [0.5, 0.6) is 0 Å². The highest BCUT2D eigenvalue weighted by Crippen LogP contribution is 2.11. The van der Waals surface area contributed by atoms with Gasteiger partial charge in [-0.3, -0.25) is 4.79 Å². The molecule has 6 nitrogen and oxygen atoms in total. The van der Waals surface area contributed by atoms with Crippen molar-refractivity contribution in [3.05, 3.63) is 18.5 Å². The number of nitrogens with zero attached hydrogens (tertiary/aromatic N) is 4. The second-order valence-electron chi connectivity index (χ2n) is 4.93. The molecular weight excluding hydrogens is 242 g/mol. The van der Waals surface area contributed by atoms with Crippen molar-refractivity contribution in [2.45, 2.75) is 25.8 Å². The molecule has 0 aliphatic carbocycles. The molecule has 1 atom stereocenters. The second-order valence-corrected chi connectivity index (χ2v) is 4.93. The molecule has 0 radical (unpaired) electrons. The van der Waals surface area contributed by atoms with Gasteiger partial charge >= 0.3 is 0 Å². The van der Waals surface area contributed by atoms with Crippen LogP contribution in [0.25, 0.3) is 0 Å². The summed E-state index contributed by atoms with van der Waals surface area (Å²) in [6, 6.07) is 1.89. The third kappa shape index (κ3) is 3.89. The van der Waals surface area contributed by atoms with E-state index in [1.807, 2.05) is 11.8 Å². The van der Waals surface area contributed by atoms with E-state index in [0.29, 0.717) is 6.42 Å². The van der Waals surface area contributed by atoms with Gasteiger partial charge in [0.05, 0.1) is 0 Å². The largest absolute Gasteiger partial charge is 0.339 e. The van der Waals surface area contributed by atoms with Crippen LogP contribution >= 0.6 is 0 Å². The second kappa shape index (κ2) is 6.47. The summed E-state index contributed by atoms with van der Waals surface area (Å²) in [4.78, 5) is 24.4. The lowest BCUT2D eigenvalue weighted by molar-refractivity contribution is -0.131. The summed E-state index contributed by atoms with van der Waals surface area (Å²) >= 11 is 0. The Morgan fingerprint density at radius 3 is 2.53 bits per heavy atom. The third-order valence-corrected chi connectivity index (χ3v) is 3.28. The average molecular weight is 263 g/mol. The first-order valence-electron chi connectivity index (χ1n) is 6.72. The van der Waals surface area contributed by atoms with E-state index in [1.165, 1.54) is 0 Å². The third-order valence-electron chi connectivity index (χ3n) is 3.28. The van der Waals surface area contributed by atoms with Crippen molar-refractivity contribution in [2.24, 2.45) is 5.73 Å². The van der Waals surface area contributed by atoms with Crippen LogP contribution in [0.15, 0.2) is 18.5 Å². The lowest BCUT2D eigenvalue weighted by Gasteiger charge is -2.34. The first-order chi connectivity index (χ1) is 9.16. The lowest BCUT2D eigenvalue weighted by Crippen LogP contribution is -2.49. The smallest absolute Gasteiger partial charge is 0.225 e. The molecule has 0 spiro atoms. The average Bonchev–Trinajstić information content (AvgIpc) is 2.46. The molecule has 2 heterocycles. The zero-order valence-electron chi connectivity index (χ0n) is 11.3. The van der Waals surface area contributed by atoms with Crippen molar-refractivity contribution in [3.8, 4) is 0 Å². The molecule has 1 aromatic heterocycles. The van der Waals surface area contributed by atoms with Crippen molar-refractivity contribution in [3.63, 3.8) is 0 Å². The van der Waals surface area contributed by atoms with E-state index in [2.05, 4.69) is 14.9 Å². The van der Waals surface area contributed by atoms with E-state index >= 15 is 0 Å². The van der Waals surface area contributed by atoms with E-state index < -0.39 is 0 Å². The van der Waals surface area contributed by atoms with Crippen LogP contribution in [0.1, 0.15) is 19.8 Å². The SMILES string of the molecule is CC(N)CCC(=O)N1CCN(c2ncccn2)CC1. The summed E-state index contributed by atoms with van der Waals surface area (Å²) in [5.41, 5.74) is 5.67. The molecule has 104 valence electrons. The fourth-order valence-electron chi connectivity index (χ4n) is 2.12. The maximum absolute atomic E-state index is 12.0. The van der Waals surface area contributed by atoms with E-state index in [4.69, 9.17) is 5.73 Å². The number of anilines is 1. The summed E-state index contributed by atoms with van der Waals surface area (Å²) in [5.74, 6) is 0.941. The first kappa shape index (κ1) is 13.7. The van der Waals surface area contributed by atoms with Crippen LogP contribution < -0.4 is 10.6 Å². The van der Waals surface area contributed by atoms with Crippen molar-refractivity contribution >= 4 is 11.9 Å². The van der Waals surface area contributed by atoms with Gasteiger partial charge in [0, 0.05) is 51.0 Å². The molecule has 1 fully saturated rings. The summed E-state index contributed by atoms with van der Waals surface area (Å²) in [6.45, 7) is 4.96. The van der Waals surface area contributed by atoms with Crippen LogP contribution in [0.3, 0.4) is 0 Å². The Bertz CT molecular complexity index is 401. The topological polar surface area (TPSA) is 75.4 Å². The summed E-state index contributed by atoms with van der Waals surface area (Å²) in [7, 11) is 0. The molecule has 2 rings (SSSR count). The predicted octanol–water partition coefficient (Wildman–Crippen LogP) is 0.253. The fourth-order valence-corrected chi connectivity index (χ4v) is 2.12. The molecule has 2 N–H and O–H groups in total. The monoisotopic (exact) mass is 263 g/mol. The number of carbonyl (C=O) groups excluding carboxylic acids is 1. The highest BCUT2D eigenvalue weighted by Gasteiger charge is 2.22. The zero-order chi connectivity index (χ0) is 13.7. The van der Waals surface area contributed by atoms with Gasteiger partial charge in [-0.2, -0.15) is 0 Å². The highest BCUT2D eigenvalue weighted by molar-refractivity contribution is 5.76. The first-order valence-corrected chi connectivity index (χ1v) is 6.72. The van der Waals surface area contributed by atoms with E-state index in [0.717, 1.165) is 38.5 Å². The Morgan fingerprint density at radius 2 is 1.95 bits per heavy atom. The molecule has 19 heavy (non-hydrogen) atoms. The Labute approximate surface area is 113 Å². The van der Waals surface area contributed by atoms with Gasteiger partial charge in [-0.25, -0.2) is 9.97 Å². The molecule has 1 unspecified atom stereocenters. The molecule has 1 saturated heterocycles. The van der Waals surface area contributed by atoms with Crippen LogP contribution in [0, 0.1) is 0 Å². The van der Waals surface area contributed by atoms with Gasteiger partial charge < -0.3 is 15.5 Å². The molecule has 0 saturated carbocycles. The van der Waals surface area contributed by atoms with Gasteiger partial charge in [0.15, 0.2) is 0 Å². The normalized spacial score (nSPS) is 17.4. The number of aromatic nitrogens is 2. The summed E-state index contributed by atoms with van der Waals surface area (Å²) in [6.07, 6.45) is 4.77. The quantitative estimate of drug-likeness (QED) is 0.843. The molecule has 1 aliphatic heterocycles. The molecule has 0 bridgehead atoms. The van der Waals surface area contributed by atoms with Crippen molar-refractivity contribution in [1.29, 1.82) is 0 Å². The maximum atomic E-state index is 12.0. The van der Waals surface area contributed by atoms with Gasteiger partial charge in [-0.05, 0) is 19.4 Å². The maximum Gasteiger partial charge on any atom is 0.225 e. The number of nitrogens with two attached hydrogens (primary N) is 1. The Balaban J connectivity index is 1.81. The van der Waals surface area contributed by atoms with Crippen LogP contribution in [-0.4, -0.2) is 53.0 Å². The molecule has 1 aromatic rings. The lowest BCUT2D eigenvalue weighted by atomic mass is 10.1. The Morgan fingerprint density at radius 1 is 1.32 bits per heavy atom. The van der Waals surface area contributed by atoms with Gasteiger partial charge in [-0.15, -0.1) is 0 Å². The number of piperazine rings is 1. The Kier molecular flexibility index (Phi) is 4.68. The highest BCUT2D eigenvalue weighted by atomic mass is 16.2.